The fraction of sp³-hybridized carbons (Fsp3) is 0.133. The topological polar surface area (TPSA) is 107 Å². The highest BCUT2D eigenvalue weighted by molar-refractivity contribution is 6.42. The molecule has 0 saturated carbocycles. The number of hydrogen-bond donors (Lipinski definition) is 1. The SMILES string of the molecule is COC(=O)c1cc(Cl)c(Cl)cc1-n1cc(C#N)c(N)c1C(=O)OC. The molecule has 9 heteroatoms. The van der Waals surface area contributed by atoms with E-state index >= 15 is 0 Å². The summed E-state index contributed by atoms with van der Waals surface area (Å²) in [4.78, 5) is 24.1. The monoisotopic (exact) mass is 367 g/mol. The molecule has 2 aromatic rings. The summed E-state index contributed by atoms with van der Waals surface area (Å²) in [5.41, 5.74) is 5.89. The number of anilines is 1. The van der Waals surface area contributed by atoms with Gasteiger partial charge in [0.05, 0.1) is 46.8 Å². The van der Waals surface area contributed by atoms with Crippen molar-refractivity contribution in [3.05, 3.63) is 45.2 Å². The Morgan fingerprint density at radius 2 is 1.75 bits per heavy atom. The average molecular weight is 368 g/mol. The van der Waals surface area contributed by atoms with E-state index in [0.717, 1.165) is 0 Å². The lowest BCUT2D eigenvalue weighted by atomic mass is 10.1. The summed E-state index contributed by atoms with van der Waals surface area (Å²) in [6.07, 6.45) is 1.30. The number of halogens is 2. The third kappa shape index (κ3) is 2.89. The lowest BCUT2D eigenvalue weighted by Crippen LogP contribution is -2.14. The fourth-order valence-corrected chi connectivity index (χ4v) is 2.44. The van der Waals surface area contributed by atoms with Gasteiger partial charge in [-0.15, -0.1) is 0 Å². The highest BCUT2D eigenvalue weighted by Gasteiger charge is 2.25. The number of rotatable bonds is 3. The zero-order valence-corrected chi connectivity index (χ0v) is 14.1. The quantitative estimate of drug-likeness (QED) is 0.835. The maximum absolute atomic E-state index is 12.1. The lowest BCUT2D eigenvalue weighted by Gasteiger charge is -2.13. The zero-order valence-electron chi connectivity index (χ0n) is 12.6. The number of nitrogens with zero attached hydrogens (tertiary/aromatic N) is 2. The number of nitrogens with two attached hydrogens (primary N) is 1. The number of nitrogen functional groups attached to an aromatic ring is 1. The molecule has 2 rings (SSSR count). The van der Waals surface area contributed by atoms with Crippen molar-refractivity contribution in [3.8, 4) is 11.8 Å². The van der Waals surface area contributed by atoms with Crippen LogP contribution < -0.4 is 5.73 Å². The van der Waals surface area contributed by atoms with Crippen LogP contribution in [0.15, 0.2) is 18.3 Å². The van der Waals surface area contributed by atoms with E-state index in [9.17, 15) is 9.59 Å². The summed E-state index contributed by atoms with van der Waals surface area (Å²) in [6.45, 7) is 0. The highest BCUT2D eigenvalue weighted by Crippen LogP contribution is 2.32. The number of esters is 2. The van der Waals surface area contributed by atoms with Crippen LogP contribution >= 0.6 is 23.2 Å². The minimum absolute atomic E-state index is 0.0385. The lowest BCUT2D eigenvalue weighted by molar-refractivity contribution is 0.0582. The Morgan fingerprint density at radius 1 is 1.17 bits per heavy atom. The molecule has 0 atom stereocenters. The first-order chi connectivity index (χ1) is 11.3. The Bertz CT molecular complexity index is 884. The Kier molecular flexibility index (Phi) is 5.02. The van der Waals surface area contributed by atoms with Gasteiger partial charge in [-0.3, -0.25) is 0 Å². The number of aromatic nitrogens is 1. The van der Waals surface area contributed by atoms with E-state index in [4.69, 9.17) is 43.7 Å². The second kappa shape index (κ2) is 6.83. The van der Waals surface area contributed by atoms with E-state index in [0.29, 0.717) is 0 Å². The molecule has 7 nitrogen and oxygen atoms in total. The van der Waals surface area contributed by atoms with Gasteiger partial charge in [0, 0.05) is 6.20 Å². The van der Waals surface area contributed by atoms with Gasteiger partial charge in [-0.25, -0.2) is 9.59 Å². The first-order valence-corrected chi connectivity index (χ1v) is 7.18. The van der Waals surface area contributed by atoms with E-state index in [1.54, 1.807) is 0 Å². The van der Waals surface area contributed by atoms with Crippen molar-refractivity contribution in [3.63, 3.8) is 0 Å². The van der Waals surface area contributed by atoms with E-state index < -0.39 is 11.9 Å². The van der Waals surface area contributed by atoms with Crippen molar-refractivity contribution in [2.75, 3.05) is 20.0 Å². The number of hydrogen-bond acceptors (Lipinski definition) is 6. The Morgan fingerprint density at radius 3 is 2.29 bits per heavy atom. The van der Waals surface area contributed by atoms with Gasteiger partial charge < -0.3 is 19.8 Å². The van der Waals surface area contributed by atoms with Crippen LogP contribution in [0, 0.1) is 11.3 Å². The molecular weight excluding hydrogens is 357 g/mol. The molecular formula is C15H11Cl2N3O4. The third-order valence-electron chi connectivity index (χ3n) is 3.25. The molecule has 1 aromatic carbocycles. The Labute approximate surface area is 147 Å². The molecule has 0 fully saturated rings. The van der Waals surface area contributed by atoms with Crippen LogP contribution in [-0.4, -0.2) is 30.7 Å². The Hall–Kier alpha value is -2.69. The van der Waals surface area contributed by atoms with E-state index in [1.807, 2.05) is 6.07 Å². The normalized spacial score (nSPS) is 10.1. The van der Waals surface area contributed by atoms with Crippen LogP contribution in [0.2, 0.25) is 10.0 Å². The predicted octanol–water partition coefficient (Wildman–Crippen LogP) is 2.81. The van der Waals surface area contributed by atoms with Crippen LogP contribution in [0.1, 0.15) is 26.4 Å². The molecule has 0 aliphatic carbocycles. The Balaban J connectivity index is 2.86. The minimum atomic E-state index is -0.782. The maximum atomic E-state index is 12.1. The molecule has 0 aliphatic rings. The largest absolute Gasteiger partial charge is 0.465 e. The number of carbonyl (C=O) groups is 2. The second-order valence-corrected chi connectivity index (χ2v) is 5.37. The molecule has 124 valence electrons. The summed E-state index contributed by atoms with van der Waals surface area (Å²) in [6, 6.07) is 4.53. The van der Waals surface area contributed by atoms with Gasteiger partial charge >= 0.3 is 11.9 Å². The van der Waals surface area contributed by atoms with Crippen LogP contribution in [-0.2, 0) is 9.47 Å². The molecule has 1 heterocycles. The molecule has 1 aromatic heterocycles. The summed E-state index contributed by atoms with van der Waals surface area (Å²) in [5, 5.41) is 9.41. The summed E-state index contributed by atoms with van der Waals surface area (Å²) >= 11 is 12.0. The molecule has 0 radical (unpaired) electrons. The van der Waals surface area contributed by atoms with E-state index in [2.05, 4.69) is 0 Å². The van der Waals surface area contributed by atoms with Gasteiger partial charge in [0.25, 0.3) is 0 Å². The number of methoxy groups -OCH3 is 2. The van der Waals surface area contributed by atoms with Crippen molar-refractivity contribution >= 4 is 40.8 Å². The van der Waals surface area contributed by atoms with Crippen LogP contribution in [0.5, 0.6) is 0 Å². The third-order valence-corrected chi connectivity index (χ3v) is 3.97. The molecule has 0 saturated heterocycles. The molecule has 2 N–H and O–H groups in total. The first-order valence-electron chi connectivity index (χ1n) is 6.42. The predicted molar refractivity (Wildman–Crippen MR) is 87.6 cm³/mol. The fourth-order valence-electron chi connectivity index (χ4n) is 2.11. The first kappa shape index (κ1) is 17.7. The molecule has 0 unspecified atom stereocenters. The van der Waals surface area contributed by atoms with Crippen LogP contribution in [0.4, 0.5) is 5.69 Å². The van der Waals surface area contributed by atoms with E-state index in [-0.39, 0.29) is 38.2 Å². The molecule has 0 bridgehead atoms. The molecule has 24 heavy (non-hydrogen) atoms. The van der Waals surface area contributed by atoms with Gasteiger partial charge in [0.2, 0.25) is 0 Å². The van der Waals surface area contributed by atoms with Gasteiger partial charge in [0.1, 0.15) is 6.07 Å². The van der Waals surface area contributed by atoms with Gasteiger partial charge in [0.15, 0.2) is 5.69 Å². The maximum Gasteiger partial charge on any atom is 0.357 e. The zero-order chi connectivity index (χ0) is 18.0. The molecule has 0 spiro atoms. The van der Waals surface area contributed by atoms with Crippen molar-refractivity contribution in [1.82, 2.24) is 4.57 Å². The number of ether oxygens (including phenoxy) is 2. The minimum Gasteiger partial charge on any atom is -0.465 e. The van der Waals surface area contributed by atoms with Gasteiger partial charge in [-0.2, -0.15) is 5.26 Å². The standard InChI is InChI=1S/C15H11Cl2N3O4/c1-23-14(21)8-3-9(16)10(17)4-11(8)20-6-7(5-18)12(19)13(20)15(22)24-2/h3-4,6H,19H2,1-2H3. The number of benzene rings is 1. The van der Waals surface area contributed by atoms with Crippen molar-refractivity contribution in [2.45, 2.75) is 0 Å². The van der Waals surface area contributed by atoms with Crippen molar-refractivity contribution in [1.29, 1.82) is 5.26 Å². The van der Waals surface area contributed by atoms with Crippen LogP contribution in [0.25, 0.3) is 5.69 Å². The second-order valence-electron chi connectivity index (χ2n) is 4.55. The molecule has 0 aliphatic heterocycles. The summed E-state index contributed by atoms with van der Waals surface area (Å²) in [7, 11) is 2.36. The highest BCUT2D eigenvalue weighted by atomic mass is 35.5. The summed E-state index contributed by atoms with van der Waals surface area (Å²) in [5.74, 6) is -1.49. The smallest absolute Gasteiger partial charge is 0.357 e. The summed E-state index contributed by atoms with van der Waals surface area (Å²) < 4.78 is 10.7. The van der Waals surface area contributed by atoms with Crippen molar-refractivity contribution < 1.29 is 19.1 Å². The van der Waals surface area contributed by atoms with Crippen molar-refractivity contribution in [2.24, 2.45) is 0 Å². The average Bonchev–Trinajstić information content (AvgIpc) is 2.91. The van der Waals surface area contributed by atoms with E-state index in [1.165, 1.54) is 37.1 Å². The van der Waals surface area contributed by atoms with Gasteiger partial charge in [-0.05, 0) is 12.1 Å². The van der Waals surface area contributed by atoms with Crippen LogP contribution in [0.3, 0.4) is 0 Å². The molecule has 0 amide bonds. The number of carbonyl (C=O) groups excluding carboxylic acids is 2. The van der Waals surface area contributed by atoms with Gasteiger partial charge in [-0.1, -0.05) is 23.2 Å². The number of nitriles is 1.